The summed E-state index contributed by atoms with van der Waals surface area (Å²) in [5, 5.41) is 4.59. The Kier molecular flexibility index (Phi) is 4.10. The third kappa shape index (κ3) is 2.60. The monoisotopic (exact) mass is 291 g/mol. The molecule has 1 atom stereocenters. The molecule has 0 aliphatic carbocycles. The van der Waals surface area contributed by atoms with E-state index < -0.39 is 18.4 Å². The molecule has 0 bridgehead atoms. The fraction of sp³-hybridized carbons (Fsp3) is 0.385. The van der Waals surface area contributed by atoms with Crippen molar-refractivity contribution in [2.45, 2.75) is 25.3 Å². The van der Waals surface area contributed by atoms with Crippen LogP contribution in [0, 0.1) is 0 Å². The summed E-state index contributed by atoms with van der Waals surface area (Å²) in [5.74, 6) is -4.10. The SMILES string of the molecule is CCNC(c1csc2ccccc12)C(F)(F)C(F)F. The summed E-state index contributed by atoms with van der Waals surface area (Å²) >= 11 is 1.28. The lowest BCUT2D eigenvalue weighted by atomic mass is 10.00. The quantitative estimate of drug-likeness (QED) is 0.802. The van der Waals surface area contributed by atoms with Gasteiger partial charge in [-0.2, -0.15) is 8.78 Å². The van der Waals surface area contributed by atoms with Crippen LogP contribution in [0.4, 0.5) is 17.6 Å². The fourth-order valence-electron chi connectivity index (χ4n) is 2.01. The van der Waals surface area contributed by atoms with Gasteiger partial charge in [0.05, 0.1) is 0 Å². The minimum Gasteiger partial charge on any atom is -0.305 e. The van der Waals surface area contributed by atoms with Gasteiger partial charge in [0.15, 0.2) is 0 Å². The molecule has 0 amide bonds. The first-order valence-electron chi connectivity index (χ1n) is 5.84. The van der Waals surface area contributed by atoms with Crippen LogP contribution in [0.25, 0.3) is 10.1 Å². The second-order valence-electron chi connectivity index (χ2n) is 4.15. The number of nitrogens with one attached hydrogen (secondary N) is 1. The zero-order valence-electron chi connectivity index (χ0n) is 10.2. The molecule has 19 heavy (non-hydrogen) atoms. The van der Waals surface area contributed by atoms with Crippen molar-refractivity contribution >= 4 is 21.4 Å². The topological polar surface area (TPSA) is 12.0 Å². The van der Waals surface area contributed by atoms with E-state index in [1.54, 1.807) is 31.2 Å². The van der Waals surface area contributed by atoms with Crippen LogP contribution >= 0.6 is 11.3 Å². The van der Waals surface area contributed by atoms with E-state index in [1.165, 1.54) is 16.7 Å². The molecule has 1 N–H and O–H groups in total. The summed E-state index contributed by atoms with van der Waals surface area (Å²) in [6, 6.07) is 5.28. The number of fused-ring (bicyclic) bond motifs is 1. The molecule has 1 aromatic carbocycles. The Hall–Kier alpha value is -1.14. The molecular formula is C13H13F4NS. The Morgan fingerprint density at radius 2 is 1.95 bits per heavy atom. The van der Waals surface area contributed by atoms with Gasteiger partial charge in [0.1, 0.15) is 6.04 Å². The van der Waals surface area contributed by atoms with Gasteiger partial charge in [0.25, 0.3) is 0 Å². The van der Waals surface area contributed by atoms with E-state index in [2.05, 4.69) is 5.32 Å². The highest BCUT2D eigenvalue weighted by Crippen LogP contribution is 2.41. The van der Waals surface area contributed by atoms with E-state index in [-0.39, 0.29) is 12.1 Å². The van der Waals surface area contributed by atoms with E-state index in [4.69, 9.17) is 0 Å². The Balaban J connectivity index is 2.50. The summed E-state index contributed by atoms with van der Waals surface area (Å²) in [4.78, 5) is 0. The maximum absolute atomic E-state index is 13.7. The molecule has 0 aliphatic rings. The van der Waals surface area contributed by atoms with Crippen LogP contribution in [-0.4, -0.2) is 18.9 Å². The van der Waals surface area contributed by atoms with Crippen LogP contribution in [0.2, 0.25) is 0 Å². The van der Waals surface area contributed by atoms with E-state index in [1.807, 2.05) is 0 Å². The number of alkyl halides is 4. The zero-order chi connectivity index (χ0) is 14.0. The number of thiophene rings is 1. The first kappa shape index (κ1) is 14.3. The molecular weight excluding hydrogens is 278 g/mol. The first-order valence-corrected chi connectivity index (χ1v) is 6.72. The minimum atomic E-state index is -4.10. The largest absolute Gasteiger partial charge is 0.326 e. The van der Waals surface area contributed by atoms with Crippen molar-refractivity contribution < 1.29 is 17.6 Å². The third-order valence-electron chi connectivity index (χ3n) is 2.91. The summed E-state index contributed by atoms with van der Waals surface area (Å²) in [5.41, 5.74) is 0.229. The molecule has 0 spiro atoms. The summed E-state index contributed by atoms with van der Waals surface area (Å²) < 4.78 is 53.4. The molecule has 0 saturated carbocycles. The van der Waals surface area contributed by atoms with Gasteiger partial charge in [-0.15, -0.1) is 11.3 Å². The normalized spacial score (nSPS) is 14.2. The summed E-state index contributed by atoms with van der Waals surface area (Å²) in [6.45, 7) is 1.81. The van der Waals surface area contributed by atoms with Crippen molar-refractivity contribution in [1.82, 2.24) is 5.32 Å². The molecule has 1 heterocycles. The van der Waals surface area contributed by atoms with Gasteiger partial charge >= 0.3 is 12.3 Å². The number of halogens is 4. The summed E-state index contributed by atoms with van der Waals surface area (Å²) in [7, 11) is 0. The van der Waals surface area contributed by atoms with Crippen LogP contribution in [0.1, 0.15) is 18.5 Å². The van der Waals surface area contributed by atoms with Crippen molar-refractivity contribution in [3.63, 3.8) is 0 Å². The Morgan fingerprint density at radius 3 is 2.58 bits per heavy atom. The second kappa shape index (κ2) is 5.46. The maximum Gasteiger partial charge on any atom is 0.326 e. The standard InChI is InChI=1S/C13H13F4NS/c1-2-18-11(13(16,17)12(14)15)9-7-19-10-6-4-3-5-8(9)10/h3-7,11-12,18H,2H2,1H3. The number of hydrogen-bond donors (Lipinski definition) is 1. The molecule has 0 saturated heterocycles. The molecule has 2 rings (SSSR count). The Morgan fingerprint density at radius 1 is 1.26 bits per heavy atom. The van der Waals surface area contributed by atoms with Gasteiger partial charge in [-0.05, 0) is 28.9 Å². The molecule has 1 aromatic heterocycles. The summed E-state index contributed by atoms with van der Waals surface area (Å²) in [6.07, 6.45) is -3.70. The lowest BCUT2D eigenvalue weighted by Gasteiger charge is -2.26. The van der Waals surface area contributed by atoms with E-state index in [0.29, 0.717) is 5.39 Å². The highest BCUT2D eigenvalue weighted by atomic mass is 32.1. The third-order valence-corrected chi connectivity index (χ3v) is 3.89. The van der Waals surface area contributed by atoms with Gasteiger partial charge in [-0.1, -0.05) is 25.1 Å². The van der Waals surface area contributed by atoms with Crippen LogP contribution in [0.5, 0.6) is 0 Å². The molecule has 104 valence electrons. The highest BCUT2D eigenvalue weighted by molar-refractivity contribution is 7.17. The van der Waals surface area contributed by atoms with Gasteiger partial charge < -0.3 is 5.32 Å². The molecule has 0 aliphatic heterocycles. The average Bonchev–Trinajstić information content (AvgIpc) is 2.79. The van der Waals surface area contributed by atoms with Gasteiger partial charge in [-0.3, -0.25) is 0 Å². The van der Waals surface area contributed by atoms with E-state index in [0.717, 1.165) is 4.70 Å². The zero-order valence-corrected chi connectivity index (χ0v) is 11.0. The van der Waals surface area contributed by atoms with Crippen LogP contribution in [0.3, 0.4) is 0 Å². The van der Waals surface area contributed by atoms with Crippen molar-refractivity contribution in [3.8, 4) is 0 Å². The molecule has 2 aromatic rings. The predicted octanol–water partition coefficient (Wildman–Crippen LogP) is 4.45. The molecule has 1 unspecified atom stereocenters. The molecule has 6 heteroatoms. The first-order chi connectivity index (χ1) is 8.98. The highest BCUT2D eigenvalue weighted by Gasteiger charge is 2.49. The Labute approximate surface area is 112 Å². The van der Waals surface area contributed by atoms with Crippen LogP contribution in [0.15, 0.2) is 29.6 Å². The molecule has 0 fully saturated rings. The van der Waals surface area contributed by atoms with Gasteiger partial charge in [0, 0.05) is 4.70 Å². The molecule has 1 nitrogen and oxygen atoms in total. The van der Waals surface area contributed by atoms with E-state index >= 15 is 0 Å². The Bertz CT molecular complexity index is 552. The van der Waals surface area contributed by atoms with Crippen molar-refractivity contribution in [2.24, 2.45) is 0 Å². The van der Waals surface area contributed by atoms with Gasteiger partial charge in [-0.25, -0.2) is 8.78 Å². The number of rotatable bonds is 5. The second-order valence-corrected chi connectivity index (χ2v) is 5.06. The van der Waals surface area contributed by atoms with Crippen molar-refractivity contribution in [3.05, 3.63) is 35.2 Å². The number of benzene rings is 1. The predicted molar refractivity (Wildman–Crippen MR) is 69.2 cm³/mol. The fourth-order valence-corrected chi connectivity index (χ4v) is 2.99. The van der Waals surface area contributed by atoms with Crippen LogP contribution in [-0.2, 0) is 0 Å². The lowest BCUT2D eigenvalue weighted by Crippen LogP contribution is -2.42. The van der Waals surface area contributed by atoms with Crippen molar-refractivity contribution in [2.75, 3.05) is 6.54 Å². The number of hydrogen-bond acceptors (Lipinski definition) is 2. The van der Waals surface area contributed by atoms with Gasteiger partial charge in [0.2, 0.25) is 0 Å². The molecule has 0 radical (unpaired) electrons. The van der Waals surface area contributed by atoms with E-state index in [9.17, 15) is 17.6 Å². The maximum atomic E-state index is 13.7. The van der Waals surface area contributed by atoms with Crippen molar-refractivity contribution in [1.29, 1.82) is 0 Å². The smallest absolute Gasteiger partial charge is 0.305 e. The average molecular weight is 291 g/mol. The lowest BCUT2D eigenvalue weighted by molar-refractivity contribution is -0.151. The van der Waals surface area contributed by atoms with Crippen LogP contribution < -0.4 is 5.32 Å². The minimum absolute atomic E-state index is 0.192.